The van der Waals surface area contributed by atoms with Gasteiger partial charge in [0.2, 0.25) is 15.4 Å². The second-order valence-electron chi connectivity index (χ2n) is 5.35. The third-order valence-electron chi connectivity index (χ3n) is 3.67. The Morgan fingerprint density at radius 1 is 1.04 bits per heavy atom. The van der Waals surface area contributed by atoms with E-state index in [1.807, 2.05) is 0 Å². The third kappa shape index (κ3) is 3.21. The molecule has 1 amide bonds. The fourth-order valence-corrected chi connectivity index (χ4v) is 3.38. The number of alkyl halides is 2. The van der Waals surface area contributed by atoms with Crippen molar-refractivity contribution in [3.05, 3.63) is 70.5 Å². The predicted molar refractivity (Wildman–Crippen MR) is 92.2 cm³/mol. The highest BCUT2D eigenvalue weighted by Gasteiger charge is 2.29. The molecule has 0 spiro atoms. The van der Waals surface area contributed by atoms with Crippen molar-refractivity contribution in [3.63, 3.8) is 0 Å². The van der Waals surface area contributed by atoms with Crippen LogP contribution in [0.1, 0.15) is 10.4 Å². The maximum absolute atomic E-state index is 12.9. The number of sulfone groups is 1. The number of para-hydroxylation sites is 2. The number of carbonyl (C=O) groups excluding carboxylic acids is 1. The van der Waals surface area contributed by atoms with Crippen molar-refractivity contribution in [2.45, 2.75) is 10.7 Å². The summed E-state index contributed by atoms with van der Waals surface area (Å²) in [6, 6.07) is 12.4. The van der Waals surface area contributed by atoms with Crippen molar-refractivity contribution in [2.24, 2.45) is 0 Å². The van der Waals surface area contributed by atoms with Crippen LogP contribution >= 0.6 is 0 Å². The van der Waals surface area contributed by atoms with Gasteiger partial charge in [0.15, 0.2) is 0 Å². The van der Waals surface area contributed by atoms with Crippen LogP contribution in [0.2, 0.25) is 0 Å². The lowest BCUT2D eigenvalue weighted by atomic mass is 10.1. The summed E-state index contributed by atoms with van der Waals surface area (Å²) in [5.41, 5.74) is -0.406. The van der Waals surface area contributed by atoms with Gasteiger partial charge in [-0.15, -0.1) is 0 Å². The summed E-state index contributed by atoms with van der Waals surface area (Å²) in [5, 5.41) is 2.73. The molecule has 9 heteroatoms. The maximum Gasteiger partial charge on any atom is 0.341 e. The van der Waals surface area contributed by atoms with Crippen molar-refractivity contribution in [1.82, 2.24) is 4.98 Å². The van der Waals surface area contributed by atoms with Crippen molar-refractivity contribution in [3.8, 4) is 0 Å². The SMILES string of the molecule is O=C(Nc1ccccc1S(=O)(=O)C(F)F)c1cc(=O)[nH]c2ccccc12. The zero-order valence-electron chi connectivity index (χ0n) is 13.1. The molecule has 0 bridgehead atoms. The number of halogens is 2. The molecule has 1 heterocycles. The van der Waals surface area contributed by atoms with Crippen molar-refractivity contribution in [2.75, 3.05) is 5.32 Å². The molecule has 3 aromatic rings. The summed E-state index contributed by atoms with van der Waals surface area (Å²) >= 11 is 0. The van der Waals surface area contributed by atoms with E-state index in [1.54, 1.807) is 24.3 Å². The van der Waals surface area contributed by atoms with Crippen LogP contribution in [-0.2, 0) is 9.84 Å². The van der Waals surface area contributed by atoms with E-state index in [0.29, 0.717) is 10.9 Å². The van der Waals surface area contributed by atoms with Gasteiger partial charge in [-0.25, -0.2) is 8.42 Å². The predicted octanol–water partition coefficient (Wildman–Crippen LogP) is 2.78. The minimum absolute atomic E-state index is 0.00593. The second-order valence-corrected chi connectivity index (χ2v) is 7.23. The van der Waals surface area contributed by atoms with Crippen LogP contribution in [0.5, 0.6) is 0 Å². The van der Waals surface area contributed by atoms with E-state index in [4.69, 9.17) is 0 Å². The molecule has 0 fully saturated rings. The Morgan fingerprint density at radius 2 is 1.69 bits per heavy atom. The van der Waals surface area contributed by atoms with Crippen molar-refractivity contribution < 1.29 is 22.0 Å². The summed E-state index contributed by atoms with van der Waals surface area (Å²) in [7, 11) is -4.90. The second kappa shape index (κ2) is 6.68. The normalized spacial score (nSPS) is 11.7. The van der Waals surface area contributed by atoms with E-state index in [9.17, 15) is 26.8 Å². The lowest BCUT2D eigenvalue weighted by Crippen LogP contribution is -2.19. The molecule has 134 valence electrons. The van der Waals surface area contributed by atoms with Gasteiger partial charge in [0, 0.05) is 17.0 Å². The van der Waals surface area contributed by atoms with Gasteiger partial charge in [-0.2, -0.15) is 8.78 Å². The third-order valence-corrected chi connectivity index (χ3v) is 5.11. The van der Waals surface area contributed by atoms with Gasteiger partial charge >= 0.3 is 5.76 Å². The Hall–Kier alpha value is -3.07. The fraction of sp³-hybridized carbons (Fsp3) is 0.0588. The number of amides is 1. The van der Waals surface area contributed by atoms with E-state index in [2.05, 4.69) is 10.3 Å². The average molecular weight is 378 g/mol. The van der Waals surface area contributed by atoms with Gasteiger partial charge < -0.3 is 10.3 Å². The number of nitrogens with one attached hydrogen (secondary N) is 2. The minimum atomic E-state index is -4.90. The summed E-state index contributed by atoms with van der Waals surface area (Å²) in [4.78, 5) is 26.2. The first-order valence-corrected chi connectivity index (χ1v) is 8.90. The number of benzene rings is 2. The van der Waals surface area contributed by atoms with Crippen LogP contribution in [-0.4, -0.2) is 25.1 Å². The Labute approximate surface area is 146 Å². The number of aromatic amines is 1. The van der Waals surface area contributed by atoms with E-state index in [0.717, 1.165) is 12.1 Å². The number of rotatable bonds is 4. The van der Waals surface area contributed by atoms with Gasteiger partial charge in [-0.05, 0) is 18.2 Å². The van der Waals surface area contributed by atoms with Gasteiger partial charge in [-0.1, -0.05) is 30.3 Å². The standard InChI is InChI=1S/C17H12F2N2O4S/c18-17(19)26(24,25)14-8-4-3-7-13(14)21-16(23)11-9-15(22)20-12-6-2-1-5-10(11)12/h1-9,17H,(H,20,22)(H,21,23). The van der Waals surface area contributed by atoms with E-state index in [-0.39, 0.29) is 11.3 Å². The molecule has 3 rings (SSSR count). The minimum Gasteiger partial charge on any atom is -0.322 e. The van der Waals surface area contributed by atoms with Crippen LogP contribution in [0.15, 0.2) is 64.3 Å². The van der Waals surface area contributed by atoms with Crippen LogP contribution in [0.25, 0.3) is 10.9 Å². The number of H-pyrrole nitrogens is 1. The van der Waals surface area contributed by atoms with Crippen LogP contribution in [0.3, 0.4) is 0 Å². The monoisotopic (exact) mass is 378 g/mol. The lowest BCUT2D eigenvalue weighted by molar-refractivity contribution is 0.102. The van der Waals surface area contributed by atoms with E-state index in [1.165, 1.54) is 18.2 Å². The molecule has 0 saturated heterocycles. The number of carbonyl (C=O) groups is 1. The van der Waals surface area contributed by atoms with Crippen LogP contribution in [0.4, 0.5) is 14.5 Å². The first-order chi connectivity index (χ1) is 12.3. The molecule has 0 aliphatic heterocycles. The molecule has 2 N–H and O–H groups in total. The molecular formula is C17H12F2N2O4S. The Balaban J connectivity index is 2.07. The number of aromatic nitrogens is 1. The van der Waals surface area contributed by atoms with Gasteiger partial charge in [0.1, 0.15) is 0 Å². The molecule has 26 heavy (non-hydrogen) atoms. The van der Waals surface area contributed by atoms with E-state index < -0.39 is 32.0 Å². The van der Waals surface area contributed by atoms with Gasteiger partial charge in [0.05, 0.1) is 16.1 Å². The molecule has 1 aromatic heterocycles. The zero-order valence-corrected chi connectivity index (χ0v) is 13.9. The number of hydrogen-bond donors (Lipinski definition) is 2. The smallest absolute Gasteiger partial charge is 0.322 e. The summed E-state index contributed by atoms with van der Waals surface area (Å²) < 4.78 is 49.3. The molecule has 0 radical (unpaired) electrons. The molecule has 0 aliphatic carbocycles. The molecule has 0 atom stereocenters. The Bertz CT molecular complexity index is 1160. The fourth-order valence-electron chi connectivity index (χ4n) is 2.50. The number of pyridine rings is 1. The summed E-state index contributed by atoms with van der Waals surface area (Å²) in [6.07, 6.45) is 0. The molecule has 0 unspecified atom stereocenters. The van der Waals surface area contributed by atoms with Crippen molar-refractivity contribution in [1.29, 1.82) is 0 Å². The Morgan fingerprint density at radius 3 is 2.42 bits per heavy atom. The average Bonchev–Trinajstić information content (AvgIpc) is 2.61. The molecule has 6 nitrogen and oxygen atoms in total. The molecule has 2 aromatic carbocycles. The maximum atomic E-state index is 12.9. The summed E-state index contributed by atoms with van der Waals surface area (Å²) in [5.74, 6) is -4.41. The van der Waals surface area contributed by atoms with E-state index >= 15 is 0 Å². The van der Waals surface area contributed by atoms with Gasteiger partial charge in [-0.3, -0.25) is 9.59 Å². The highest BCUT2D eigenvalue weighted by Crippen LogP contribution is 2.27. The Kier molecular flexibility index (Phi) is 4.56. The highest BCUT2D eigenvalue weighted by molar-refractivity contribution is 7.91. The summed E-state index contributed by atoms with van der Waals surface area (Å²) in [6.45, 7) is 0. The number of fused-ring (bicyclic) bond motifs is 1. The largest absolute Gasteiger partial charge is 0.341 e. The first kappa shape index (κ1) is 17.7. The highest BCUT2D eigenvalue weighted by atomic mass is 32.2. The molecule has 0 aliphatic rings. The van der Waals surface area contributed by atoms with Gasteiger partial charge in [0.25, 0.3) is 5.91 Å². The quantitative estimate of drug-likeness (QED) is 0.730. The molecular weight excluding hydrogens is 366 g/mol. The topological polar surface area (TPSA) is 96.1 Å². The first-order valence-electron chi connectivity index (χ1n) is 7.35. The van der Waals surface area contributed by atoms with Crippen LogP contribution < -0.4 is 10.9 Å². The number of anilines is 1. The van der Waals surface area contributed by atoms with Crippen LogP contribution in [0, 0.1) is 0 Å². The zero-order chi connectivity index (χ0) is 18.9. The van der Waals surface area contributed by atoms with Crippen molar-refractivity contribution >= 4 is 32.3 Å². The molecule has 0 saturated carbocycles. The lowest BCUT2D eigenvalue weighted by Gasteiger charge is -2.12. The number of hydrogen-bond acceptors (Lipinski definition) is 4.